The first-order valence-electron chi connectivity index (χ1n) is 13.8. The van der Waals surface area contributed by atoms with E-state index in [1.165, 1.54) is 29.2 Å². The molecule has 7 nitrogen and oxygen atoms in total. The molecule has 2 amide bonds. The Bertz CT molecular complexity index is 1550. The molecule has 4 rings (SSSR count). The zero-order valence-electron chi connectivity index (χ0n) is 23.4. The first-order chi connectivity index (χ1) is 20.3. The van der Waals surface area contributed by atoms with E-state index in [4.69, 9.17) is 0 Å². The summed E-state index contributed by atoms with van der Waals surface area (Å²) in [6.07, 6.45) is 0.945. The molecule has 4 aromatic rings. The van der Waals surface area contributed by atoms with Gasteiger partial charge in [0.1, 0.15) is 18.4 Å². The van der Waals surface area contributed by atoms with Crippen molar-refractivity contribution in [3.8, 4) is 0 Å². The zero-order chi connectivity index (χ0) is 30.0. The van der Waals surface area contributed by atoms with E-state index in [-0.39, 0.29) is 29.5 Å². The van der Waals surface area contributed by atoms with Crippen molar-refractivity contribution in [1.82, 2.24) is 10.2 Å². The quantitative estimate of drug-likeness (QED) is 0.233. The Labute approximate surface area is 246 Å². The topological polar surface area (TPSA) is 86.8 Å². The summed E-state index contributed by atoms with van der Waals surface area (Å²) >= 11 is 0. The molecule has 42 heavy (non-hydrogen) atoms. The summed E-state index contributed by atoms with van der Waals surface area (Å²) in [5, 5.41) is 2.91. The summed E-state index contributed by atoms with van der Waals surface area (Å²) in [6, 6.07) is 30.4. The van der Waals surface area contributed by atoms with E-state index in [1.54, 1.807) is 18.2 Å². The largest absolute Gasteiger partial charge is 0.354 e. The molecule has 1 N–H and O–H groups in total. The molecule has 218 valence electrons. The molecule has 0 bridgehead atoms. The molecule has 4 aromatic carbocycles. The van der Waals surface area contributed by atoms with Crippen LogP contribution in [-0.2, 0) is 32.6 Å². The highest BCUT2D eigenvalue weighted by Crippen LogP contribution is 2.25. The molecule has 0 spiro atoms. The second-order valence-corrected chi connectivity index (χ2v) is 11.7. The number of carbonyl (C=O) groups is 2. The molecule has 0 saturated carbocycles. The zero-order valence-corrected chi connectivity index (χ0v) is 24.2. The first-order valence-corrected chi connectivity index (χ1v) is 15.2. The maximum atomic E-state index is 14.3. The van der Waals surface area contributed by atoms with Gasteiger partial charge in [0, 0.05) is 19.5 Å². The number of carbonyl (C=O) groups excluding carboxylic acids is 2. The predicted octanol–water partition coefficient (Wildman–Crippen LogP) is 5.19. The maximum Gasteiger partial charge on any atom is 0.264 e. The lowest BCUT2D eigenvalue weighted by Gasteiger charge is -2.34. The summed E-state index contributed by atoms with van der Waals surface area (Å²) in [7, 11) is -4.22. The highest BCUT2D eigenvalue weighted by atomic mass is 32.2. The summed E-state index contributed by atoms with van der Waals surface area (Å²) in [4.78, 5) is 29.2. The Morgan fingerprint density at radius 2 is 1.33 bits per heavy atom. The van der Waals surface area contributed by atoms with Crippen LogP contribution in [0, 0.1) is 5.82 Å². The van der Waals surface area contributed by atoms with Gasteiger partial charge in [-0.05, 0) is 53.9 Å². The van der Waals surface area contributed by atoms with Gasteiger partial charge < -0.3 is 10.2 Å². The molecule has 0 heterocycles. The van der Waals surface area contributed by atoms with E-state index < -0.39 is 34.3 Å². The van der Waals surface area contributed by atoms with E-state index in [2.05, 4.69) is 5.32 Å². The number of nitrogens with one attached hydrogen (secondary N) is 1. The third-order valence-corrected chi connectivity index (χ3v) is 8.53. The van der Waals surface area contributed by atoms with Crippen LogP contribution in [0.2, 0.25) is 0 Å². The highest BCUT2D eigenvalue weighted by molar-refractivity contribution is 7.92. The molecule has 0 unspecified atom stereocenters. The van der Waals surface area contributed by atoms with Crippen LogP contribution in [0.4, 0.5) is 10.1 Å². The Morgan fingerprint density at radius 1 is 0.786 bits per heavy atom. The lowest BCUT2D eigenvalue weighted by Crippen LogP contribution is -2.53. The molecule has 0 aliphatic rings. The maximum absolute atomic E-state index is 14.3. The second-order valence-electron chi connectivity index (χ2n) is 9.80. The molecule has 0 aromatic heterocycles. The number of rotatable bonds is 13. The standard InChI is InChI=1S/C33H34FN3O4S/c1-2-22-35-33(39)31(23-26-12-6-3-7-13-26)36(24-27-14-8-4-9-15-27)32(38)25-37(29-20-18-28(34)19-21-29)42(40,41)30-16-10-5-11-17-30/h3-21,31H,2,22-25H2,1H3,(H,35,39)/t31-/m0/s1. The van der Waals surface area contributed by atoms with Crippen molar-refractivity contribution in [2.75, 3.05) is 17.4 Å². The van der Waals surface area contributed by atoms with E-state index in [0.29, 0.717) is 13.0 Å². The smallest absolute Gasteiger partial charge is 0.264 e. The van der Waals surface area contributed by atoms with Crippen molar-refractivity contribution in [2.45, 2.75) is 37.2 Å². The Morgan fingerprint density at radius 3 is 1.90 bits per heavy atom. The predicted molar refractivity (Wildman–Crippen MR) is 162 cm³/mol. The number of halogens is 1. The molecule has 0 saturated heterocycles. The molecule has 0 aliphatic heterocycles. The second kappa shape index (κ2) is 14.4. The molecule has 1 atom stereocenters. The normalized spacial score (nSPS) is 11.9. The fraction of sp³-hybridized carbons (Fsp3) is 0.212. The van der Waals surface area contributed by atoms with Gasteiger partial charge in [-0.3, -0.25) is 13.9 Å². The van der Waals surface area contributed by atoms with Gasteiger partial charge in [0.15, 0.2) is 0 Å². The summed E-state index contributed by atoms with van der Waals surface area (Å²) in [5.74, 6) is -1.44. The number of hydrogen-bond acceptors (Lipinski definition) is 4. The lowest BCUT2D eigenvalue weighted by atomic mass is 10.0. The minimum absolute atomic E-state index is 0.0155. The highest BCUT2D eigenvalue weighted by Gasteiger charge is 2.34. The van der Waals surface area contributed by atoms with Crippen molar-refractivity contribution in [1.29, 1.82) is 0 Å². The van der Waals surface area contributed by atoms with Crippen molar-refractivity contribution in [3.05, 3.63) is 132 Å². The number of nitrogens with zero attached hydrogens (tertiary/aromatic N) is 2. The Kier molecular flexibility index (Phi) is 10.4. The molecule has 9 heteroatoms. The van der Waals surface area contributed by atoms with Crippen LogP contribution in [-0.4, -0.2) is 44.3 Å². The summed E-state index contributed by atoms with van der Waals surface area (Å²) in [6.45, 7) is 1.86. The van der Waals surface area contributed by atoms with Crippen LogP contribution >= 0.6 is 0 Å². The van der Waals surface area contributed by atoms with Gasteiger partial charge >= 0.3 is 0 Å². The number of hydrogen-bond donors (Lipinski definition) is 1. The Balaban J connectivity index is 1.77. The van der Waals surface area contributed by atoms with Gasteiger partial charge in [-0.1, -0.05) is 85.8 Å². The molecular formula is C33H34FN3O4S. The van der Waals surface area contributed by atoms with E-state index >= 15 is 0 Å². The van der Waals surface area contributed by atoms with Gasteiger partial charge in [0.05, 0.1) is 10.6 Å². The van der Waals surface area contributed by atoms with Gasteiger partial charge in [-0.2, -0.15) is 0 Å². The minimum Gasteiger partial charge on any atom is -0.354 e. The average Bonchev–Trinajstić information content (AvgIpc) is 3.02. The van der Waals surface area contributed by atoms with E-state index in [1.807, 2.05) is 67.6 Å². The molecule has 0 fully saturated rings. The SMILES string of the molecule is CCCNC(=O)[C@H](Cc1ccccc1)N(Cc1ccccc1)C(=O)CN(c1ccc(F)cc1)S(=O)(=O)c1ccccc1. The number of amides is 2. The Hall–Kier alpha value is -4.50. The van der Waals surface area contributed by atoms with Crippen LogP contribution in [0.1, 0.15) is 24.5 Å². The minimum atomic E-state index is -4.22. The van der Waals surface area contributed by atoms with Crippen LogP contribution in [0.3, 0.4) is 0 Å². The first kappa shape index (κ1) is 30.5. The third-order valence-electron chi connectivity index (χ3n) is 6.74. The van der Waals surface area contributed by atoms with Gasteiger partial charge in [0.25, 0.3) is 10.0 Å². The molecule has 0 aliphatic carbocycles. The van der Waals surface area contributed by atoms with Crippen molar-refractivity contribution >= 4 is 27.5 Å². The fourth-order valence-electron chi connectivity index (χ4n) is 4.56. The van der Waals surface area contributed by atoms with Crippen molar-refractivity contribution < 1.29 is 22.4 Å². The monoisotopic (exact) mass is 587 g/mol. The third kappa shape index (κ3) is 7.82. The number of benzene rings is 4. The van der Waals surface area contributed by atoms with Crippen molar-refractivity contribution in [3.63, 3.8) is 0 Å². The summed E-state index contributed by atoms with van der Waals surface area (Å²) < 4.78 is 42.5. The van der Waals surface area contributed by atoms with Crippen molar-refractivity contribution in [2.24, 2.45) is 0 Å². The average molecular weight is 588 g/mol. The van der Waals surface area contributed by atoms with Gasteiger partial charge in [-0.15, -0.1) is 0 Å². The van der Waals surface area contributed by atoms with Gasteiger partial charge in [0.2, 0.25) is 11.8 Å². The summed E-state index contributed by atoms with van der Waals surface area (Å²) in [5.41, 5.74) is 1.77. The fourth-order valence-corrected chi connectivity index (χ4v) is 5.99. The van der Waals surface area contributed by atoms with E-state index in [0.717, 1.165) is 27.6 Å². The number of anilines is 1. The molecular weight excluding hydrogens is 553 g/mol. The van der Waals surface area contributed by atoms with Crippen LogP contribution in [0.15, 0.2) is 120 Å². The lowest BCUT2D eigenvalue weighted by molar-refractivity contribution is -0.140. The van der Waals surface area contributed by atoms with Gasteiger partial charge in [-0.25, -0.2) is 12.8 Å². The van der Waals surface area contributed by atoms with E-state index in [9.17, 15) is 22.4 Å². The van der Waals surface area contributed by atoms with Crippen LogP contribution in [0.25, 0.3) is 0 Å². The van der Waals surface area contributed by atoms with Crippen LogP contribution < -0.4 is 9.62 Å². The number of sulfonamides is 1. The molecule has 0 radical (unpaired) electrons. The van der Waals surface area contributed by atoms with Crippen LogP contribution in [0.5, 0.6) is 0 Å².